The zero-order valence-corrected chi connectivity index (χ0v) is 9.65. The van der Waals surface area contributed by atoms with E-state index >= 15 is 0 Å². The lowest BCUT2D eigenvalue weighted by Gasteiger charge is -2.35. The van der Waals surface area contributed by atoms with Crippen LogP contribution >= 0.6 is 0 Å². The van der Waals surface area contributed by atoms with Crippen molar-refractivity contribution in [1.82, 2.24) is 5.32 Å². The van der Waals surface area contributed by atoms with E-state index in [1.165, 1.54) is 0 Å². The monoisotopic (exact) mass is 258 g/mol. The minimum atomic E-state index is -1.10. The second-order valence-electron chi connectivity index (χ2n) is 4.19. The van der Waals surface area contributed by atoms with Gasteiger partial charge in [0.1, 0.15) is 6.10 Å². The Bertz CT molecular complexity index is 476. The predicted octanol–water partition coefficient (Wildman–Crippen LogP) is 2.00. The van der Waals surface area contributed by atoms with E-state index < -0.39 is 22.2 Å². The van der Waals surface area contributed by atoms with Crippen LogP contribution in [-0.2, 0) is 0 Å². The van der Waals surface area contributed by atoms with Crippen LogP contribution in [0.4, 0.5) is 14.5 Å². The predicted molar refractivity (Wildman–Crippen MR) is 59.5 cm³/mol. The molecule has 1 aliphatic carbocycles. The van der Waals surface area contributed by atoms with E-state index in [-0.39, 0.29) is 11.9 Å². The Morgan fingerprint density at radius 1 is 1.39 bits per heavy atom. The third-order valence-electron chi connectivity index (χ3n) is 2.99. The highest BCUT2D eigenvalue weighted by molar-refractivity contribution is 5.39. The highest BCUT2D eigenvalue weighted by atomic mass is 19.1. The molecule has 98 valence electrons. The fraction of sp³-hybridized carbons (Fsp3) is 0.455. The smallest absolute Gasteiger partial charge is 0.307 e. The lowest BCUT2D eigenvalue weighted by atomic mass is 9.89. The van der Waals surface area contributed by atoms with E-state index in [4.69, 9.17) is 4.74 Å². The number of nitrogens with zero attached hydrogens (tertiary/aromatic N) is 1. The van der Waals surface area contributed by atoms with E-state index in [1.54, 1.807) is 0 Å². The largest absolute Gasteiger partial charge is 0.487 e. The summed E-state index contributed by atoms with van der Waals surface area (Å²) in [7, 11) is 1.81. The van der Waals surface area contributed by atoms with Crippen molar-refractivity contribution in [3.8, 4) is 5.75 Å². The van der Waals surface area contributed by atoms with Gasteiger partial charge >= 0.3 is 5.69 Å². The first kappa shape index (κ1) is 12.7. The van der Waals surface area contributed by atoms with Gasteiger partial charge < -0.3 is 10.1 Å². The van der Waals surface area contributed by atoms with Gasteiger partial charge in [0.2, 0.25) is 5.82 Å². The molecule has 0 spiro atoms. The summed E-state index contributed by atoms with van der Waals surface area (Å²) in [6.07, 6.45) is 1.22. The molecule has 0 unspecified atom stereocenters. The second kappa shape index (κ2) is 4.85. The van der Waals surface area contributed by atoms with Gasteiger partial charge in [-0.05, 0) is 19.9 Å². The third kappa shape index (κ3) is 2.40. The summed E-state index contributed by atoms with van der Waals surface area (Å²) in [5, 5.41) is 13.4. The van der Waals surface area contributed by atoms with Gasteiger partial charge in [-0.2, -0.15) is 4.39 Å². The van der Waals surface area contributed by atoms with E-state index in [1.807, 2.05) is 7.05 Å². The molecule has 0 amide bonds. The molecule has 2 rings (SSSR count). The Labute approximate surface area is 102 Å². The summed E-state index contributed by atoms with van der Waals surface area (Å²) in [5.74, 6) is -2.30. The zero-order chi connectivity index (χ0) is 13.3. The molecular formula is C11H12F2N2O3. The molecule has 0 saturated heterocycles. The van der Waals surface area contributed by atoms with Crippen LogP contribution in [0, 0.1) is 21.7 Å². The summed E-state index contributed by atoms with van der Waals surface area (Å²) in [4.78, 5) is 9.44. The van der Waals surface area contributed by atoms with Crippen molar-refractivity contribution in [1.29, 1.82) is 0 Å². The highest BCUT2D eigenvalue weighted by Crippen LogP contribution is 2.31. The standard InChI is InChI=1S/C11H12F2N2O3/c1-14-6-2-7(3-6)18-11-5-8(12)10(15(16)17)4-9(11)13/h4-7,14H,2-3H2,1H3. The fourth-order valence-corrected chi connectivity index (χ4v) is 1.83. The number of benzene rings is 1. The Morgan fingerprint density at radius 2 is 2.06 bits per heavy atom. The van der Waals surface area contributed by atoms with Crippen molar-refractivity contribution in [3.63, 3.8) is 0 Å². The van der Waals surface area contributed by atoms with E-state index in [9.17, 15) is 18.9 Å². The quantitative estimate of drug-likeness (QED) is 0.662. The van der Waals surface area contributed by atoms with Crippen LogP contribution in [0.2, 0.25) is 0 Å². The van der Waals surface area contributed by atoms with E-state index in [2.05, 4.69) is 5.32 Å². The number of hydrogen-bond acceptors (Lipinski definition) is 4. The molecule has 0 radical (unpaired) electrons. The van der Waals surface area contributed by atoms with Crippen LogP contribution in [0.15, 0.2) is 12.1 Å². The molecule has 1 N–H and O–H groups in total. The summed E-state index contributed by atoms with van der Waals surface area (Å²) in [5.41, 5.74) is -0.887. The first-order valence-electron chi connectivity index (χ1n) is 5.48. The summed E-state index contributed by atoms with van der Waals surface area (Å²) >= 11 is 0. The first-order chi connectivity index (χ1) is 8.51. The van der Waals surface area contributed by atoms with Crippen molar-refractivity contribution >= 4 is 5.69 Å². The molecule has 0 aliphatic heterocycles. The van der Waals surface area contributed by atoms with Crippen molar-refractivity contribution in [2.75, 3.05) is 7.05 Å². The minimum absolute atomic E-state index is 0.183. The molecule has 1 saturated carbocycles. The van der Waals surface area contributed by atoms with Crippen molar-refractivity contribution in [2.24, 2.45) is 0 Å². The van der Waals surface area contributed by atoms with Gasteiger partial charge in [0, 0.05) is 12.1 Å². The molecule has 0 heterocycles. The van der Waals surface area contributed by atoms with Crippen LogP contribution in [0.1, 0.15) is 12.8 Å². The molecule has 1 aromatic carbocycles. The Balaban J connectivity index is 2.10. The number of nitrogens with one attached hydrogen (secondary N) is 1. The minimum Gasteiger partial charge on any atom is -0.487 e. The Morgan fingerprint density at radius 3 is 2.61 bits per heavy atom. The maximum absolute atomic E-state index is 13.5. The average Bonchev–Trinajstić information content (AvgIpc) is 2.26. The van der Waals surface area contributed by atoms with Crippen LogP contribution in [0.25, 0.3) is 0 Å². The molecule has 1 aliphatic rings. The van der Waals surface area contributed by atoms with E-state index in [0.717, 1.165) is 6.07 Å². The van der Waals surface area contributed by atoms with Crippen LogP contribution in [0.3, 0.4) is 0 Å². The van der Waals surface area contributed by atoms with Crippen molar-refractivity contribution in [2.45, 2.75) is 25.0 Å². The first-order valence-corrected chi connectivity index (χ1v) is 5.48. The van der Waals surface area contributed by atoms with Crippen molar-refractivity contribution < 1.29 is 18.4 Å². The van der Waals surface area contributed by atoms with Gasteiger partial charge in [0.05, 0.1) is 11.0 Å². The fourth-order valence-electron chi connectivity index (χ4n) is 1.83. The third-order valence-corrected chi connectivity index (χ3v) is 2.99. The SMILES string of the molecule is CNC1CC(Oc2cc(F)c([N+](=O)[O-])cc2F)C1. The molecular weight excluding hydrogens is 246 g/mol. The van der Waals surface area contributed by atoms with Crippen LogP contribution in [-0.4, -0.2) is 24.1 Å². The van der Waals surface area contributed by atoms with E-state index in [0.29, 0.717) is 24.9 Å². The number of halogens is 2. The molecule has 5 nitrogen and oxygen atoms in total. The molecule has 0 aromatic heterocycles. The maximum Gasteiger partial charge on any atom is 0.307 e. The molecule has 1 aromatic rings. The molecule has 1 fully saturated rings. The number of nitro groups is 1. The van der Waals surface area contributed by atoms with Gasteiger partial charge in [-0.3, -0.25) is 10.1 Å². The van der Waals surface area contributed by atoms with Gasteiger partial charge in [-0.1, -0.05) is 0 Å². The van der Waals surface area contributed by atoms with Gasteiger partial charge in [0.15, 0.2) is 11.6 Å². The number of rotatable bonds is 4. The van der Waals surface area contributed by atoms with Gasteiger partial charge in [0.25, 0.3) is 0 Å². The van der Waals surface area contributed by atoms with Gasteiger partial charge in [-0.25, -0.2) is 4.39 Å². The Kier molecular flexibility index (Phi) is 3.42. The number of ether oxygens (including phenoxy) is 1. The van der Waals surface area contributed by atoms with Gasteiger partial charge in [-0.15, -0.1) is 0 Å². The average molecular weight is 258 g/mol. The number of hydrogen-bond donors (Lipinski definition) is 1. The Hall–Kier alpha value is -1.76. The second-order valence-corrected chi connectivity index (χ2v) is 4.19. The molecule has 0 bridgehead atoms. The van der Waals surface area contributed by atoms with Crippen molar-refractivity contribution in [3.05, 3.63) is 33.9 Å². The molecule has 0 atom stereocenters. The number of nitro benzene ring substituents is 1. The lowest BCUT2D eigenvalue weighted by Crippen LogP contribution is -2.45. The topological polar surface area (TPSA) is 64.4 Å². The normalized spacial score (nSPS) is 22.4. The summed E-state index contributed by atoms with van der Waals surface area (Å²) < 4.78 is 32.0. The van der Waals surface area contributed by atoms with Crippen LogP contribution < -0.4 is 10.1 Å². The van der Waals surface area contributed by atoms with Crippen LogP contribution in [0.5, 0.6) is 5.75 Å². The summed E-state index contributed by atoms with van der Waals surface area (Å²) in [6, 6.07) is 1.58. The summed E-state index contributed by atoms with van der Waals surface area (Å²) in [6.45, 7) is 0. The molecule has 7 heteroatoms. The lowest BCUT2D eigenvalue weighted by molar-refractivity contribution is -0.387. The highest BCUT2D eigenvalue weighted by Gasteiger charge is 2.31. The molecule has 18 heavy (non-hydrogen) atoms. The zero-order valence-electron chi connectivity index (χ0n) is 9.65. The maximum atomic E-state index is 13.5.